The Kier molecular flexibility index (Phi) is 5.31. The molecule has 1 N–H and O–H groups in total. The van der Waals surface area contributed by atoms with Crippen LogP contribution in [0, 0.1) is 0 Å². The molecule has 1 saturated heterocycles. The summed E-state index contributed by atoms with van der Waals surface area (Å²) in [6, 6.07) is 3.16. The zero-order valence-electron chi connectivity index (χ0n) is 13.1. The SMILES string of the molecule is CC(C)N(C)[C@@H](C(=O)N1CCCC1)[C@@H](O)c1ccncc1. The van der Waals surface area contributed by atoms with Crippen molar-refractivity contribution in [1.82, 2.24) is 14.8 Å². The van der Waals surface area contributed by atoms with Crippen molar-refractivity contribution in [2.75, 3.05) is 20.1 Å². The first-order chi connectivity index (χ1) is 10.0. The number of amides is 1. The van der Waals surface area contributed by atoms with Gasteiger partial charge in [0, 0.05) is 31.5 Å². The second-order valence-corrected chi connectivity index (χ2v) is 5.96. The van der Waals surface area contributed by atoms with Crippen LogP contribution in [0.15, 0.2) is 24.5 Å². The summed E-state index contributed by atoms with van der Waals surface area (Å²) in [5, 5.41) is 10.7. The smallest absolute Gasteiger partial charge is 0.242 e. The standard InChI is InChI=1S/C16H25N3O2/c1-12(2)18(3)14(16(21)19-10-4-5-11-19)15(20)13-6-8-17-9-7-13/h6-9,12,14-15,20H,4-5,10-11H2,1-3H3/t14-,15+/m1/s1. The largest absolute Gasteiger partial charge is 0.386 e. The van der Waals surface area contributed by atoms with Crippen molar-refractivity contribution in [1.29, 1.82) is 0 Å². The van der Waals surface area contributed by atoms with Gasteiger partial charge in [0.2, 0.25) is 5.91 Å². The maximum Gasteiger partial charge on any atom is 0.242 e. The van der Waals surface area contributed by atoms with E-state index in [4.69, 9.17) is 0 Å². The molecule has 5 heteroatoms. The molecule has 5 nitrogen and oxygen atoms in total. The highest BCUT2D eigenvalue weighted by molar-refractivity contribution is 5.83. The third-order valence-corrected chi connectivity index (χ3v) is 4.27. The molecule has 1 fully saturated rings. The minimum absolute atomic E-state index is 0.0213. The van der Waals surface area contributed by atoms with E-state index in [0.717, 1.165) is 31.5 Å². The van der Waals surface area contributed by atoms with Crippen LogP contribution in [-0.4, -0.2) is 58.0 Å². The molecule has 0 saturated carbocycles. The molecule has 0 radical (unpaired) electrons. The molecule has 0 unspecified atom stereocenters. The van der Waals surface area contributed by atoms with Crippen molar-refractivity contribution in [2.45, 2.75) is 44.9 Å². The third-order valence-electron chi connectivity index (χ3n) is 4.27. The van der Waals surface area contributed by atoms with Gasteiger partial charge >= 0.3 is 0 Å². The molecule has 1 aliphatic heterocycles. The molecule has 1 aromatic rings. The first-order valence-corrected chi connectivity index (χ1v) is 7.61. The Bertz CT molecular complexity index is 458. The number of aromatic nitrogens is 1. The minimum atomic E-state index is -0.839. The molecule has 0 aliphatic carbocycles. The van der Waals surface area contributed by atoms with Gasteiger partial charge in [-0.15, -0.1) is 0 Å². The van der Waals surface area contributed by atoms with Gasteiger partial charge < -0.3 is 10.0 Å². The van der Waals surface area contributed by atoms with Crippen LogP contribution in [0.1, 0.15) is 38.4 Å². The summed E-state index contributed by atoms with van der Waals surface area (Å²) >= 11 is 0. The fraction of sp³-hybridized carbons (Fsp3) is 0.625. The van der Waals surface area contributed by atoms with Crippen LogP contribution < -0.4 is 0 Å². The number of carbonyl (C=O) groups is 1. The summed E-state index contributed by atoms with van der Waals surface area (Å²) in [5.74, 6) is 0.0213. The molecule has 1 amide bonds. The highest BCUT2D eigenvalue weighted by atomic mass is 16.3. The lowest BCUT2D eigenvalue weighted by Crippen LogP contribution is -2.51. The Labute approximate surface area is 126 Å². The average molecular weight is 291 g/mol. The van der Waals surface area contributed by atoms with Crippen LogP contribution in [0.5, 0.6) is 0 Å². The quantitative estimate of drug-likeness (QED) is 0.892. The summed E-state index contributed by atoms with van der Waals surface area (Å²) in [5.41, 5.74) is 0.732. The van der Waals surface area contributed by atoms with Gasteiger partial charge in [-0.05, 0) is 51.4 Å². The molecule has 116 valence electrons. The molecule has 1 aromatic heterocycles. The molecular weight excluding hydrogens is 266 g/mol. The molecule has 21 heavy (non-hydrogen) atoms. The number of aliphatic hydroxyl groups is 1. The fourth-order valence-electron chi connectivity index (χ4n) is 2.72. The molecule has 0 bridgehead atoms. The summed E-state index contributed by atoms with van der Waals surface area (Å²) in [4.78, 5) is 20.6. The lowest BCUT2D eigenvalue weighted by Gasteiger charge is -2.36. The van der Waals surface area contributed by atoms with E-state index < -0.39 is 12.1 Å². The number of nitrogens with zero attached hydrogens (tertiary/aromatic N) is 3. The van der Waals surface area contributed by atoms with Crippen LogP contribution in [0.3, 0.4) is 0 Å². The van der Waals surface area contributed by atoms with Crippen LogP contribution in [0.4, 0.5) is 0 Å². The van der Waals surface area contributed by atoms with Gasteiger partial charge in [-0.1, -0.05) is 0 Å². The number of pyridine rings is 1. The number of aliphatic hydroxyl groups excluding tert-OH is 1. The van der Waals surface area contributed by atoms with E-state index in [2.05, 4.69) is 4.98 Å². The average Bonchev–Trinajstić information content (AvgIpc) is 3.02. The van der Waals surface area contributed by atoms with Gasteiger partial charge in [-0.25, -0.2) is 0 Å². The van der Waals surface area contributed by atoms with Crippen LogP contribution >= 0.6 is 0 Å². The van der Waals surface area contributed by atoms with E-state index in [9.17, 15) is 9.90 Å². The summed E-state index contributed by atoms with van der Waals surface area (Å²) < 4.78 is 0. The Morgan fingerprint density at radius 1 is 1.29 bits per heavy atom. The predicted molar refractivity (Wildman–Crippen MR) is 81.7 cm³/mol. The Morgan fingerprint density at radius 3 is 2.38 bits per heavy atom. The number of carbonyl (C=O) groups excluding carboxylic acids is 1. The van der Waals surface area contributed by atoms with Crippen molar-refractivity contribution >= 4 is 5.91 Å². The van der Waals surface area contributed by atoms with E-state index in [1.165, 1.54) is 0 Å². The van der Waals surface area contributed by atoms with E-state index >= 15 is 0 Å². The highest BCUT2D eigenvalue weighted by Gasteiger charge is 2.36. The van der Waals surface area contributed by atoms with Crippen molar-refractivity contribution in [3.05, 3.63) is 30.1 Å². The monoisotopic (exact) mass is 291 g/mol. The molecule has 2 heterocycles. The van der Waals surface area contributed by atoms with E-state index in [1.807, 2.05) is 30.7 Å². The fourth-order valence-corrected chi connectivity index (χ4v) is 2.72. The van der Waals surface area contributed by atoms with Gasteiger partial charge in [0.25, 0.3) is 0 Å². The lowest BCUT2D eigenvalue weighted by molar-refractivity contribution is -0.140. The molecule has 2 rings (SSSR count). The number of rotatable bonds is 5. The van der Waals surface area contributed by atoms with Crippen molar-refractivity contribution in [3.8, 4) is 0 Å². The minimum Gasteiger partial charge on any atom is -0.386 e. The predicted octanol–water partition coefficient (Wildman–Crippen LogP) is 1.45. The summed E-state index contributed by atoms with van der Waals surface area (Å²) in [7, 11) is 1.90. The Balaban J connectivity index is 2.25. The number of likely N-dealkylation sites (N-methyl/N-ethyl adjacent to an activating group) is 1. The van der Waals surface area contributed by atoms with Crippen LogP contribution in [-0.2, 0) is 4.79 Å². The second-order valence-electron chi connectivity index (χ2n) is 5.96. The summed E-state index contributed by atoms with van der Waals surface area (Å²) in [6.07, 6.45) is 4.55. The Hall–Kier alpha value is -1.46. The van der Waals surface area contributed by atoms with Crippen molar-refractivity contribution < 1.29 is 9.90 Å². The third kappa shape index (κ3) is 3.60. The maximum atomic E-state index is 12.8. The molecule has 0 spiro atoms. The first-order valence-electron chi connectivity index (χ1n) is 7.61. The van der Waals surface area contributed by atoms with E-state index in [-0.39, 0.29) is 11.9 Å². The topological polar surface area (TPSA) is 56.7 Å². The van der Waals surface area contributed by atoms with E-state index in [1.54, 1.807) is 24.5 Å². The van der Waals surface area contributed by atoms with Crippen LogP contribution in [0.2, 0.25) is 0 Å². The van der Waals surface area contributed by atoms with Gasteiger partial charge in [0.15, 0.2) is 0 Å². The van der Waals surface area contributed by atoms with Gasteiger partial charge in [-0.2, -0.15) is 0 Å². The number of hydrogen-bond acceptors (Lipinski definition) is 4. The molecular formula is C16H25N3O2. The summed E-state index contributed by atoms with van der Waals surface area (Å²) in [6.45, 7) is 5.65. The Morgan fingerprint density at radius 2 is 1.86 bits per heavy atom. The van der Waals surface area contributed by atoms with Crippen molar-refractivity contribution in [2.24, 2.45) is 0 Å². The molecule has 0 aromatic carbocycles. The lowest BCUT2D eigenvalue weighted by atomic mass is 10.00. The van der Waals surface area contributed by atoms with Crippen molar-refractivity contribution in [3.63, 3.8) is 0 Å². The number of likely N-dealkylation sites (tertiary alicyclic amines) is 1. The molecule has 1 aliphatic rings. The molecule has 2 atom stereocenters. The van der Waals surface area contributed by atoms with Gasteiger partial charge in [-0.3, -0.25) is 14.7 Å². The van der Waals surface area contributed by atoms with E-state index in [0.29, 0.717) is 0 Å². The van der Waals surface area contributed by atoms with Gasteiger partial charge in [0.1, 0.15) is 12.1 Å². The second kappa shape index (κ2) is 7.00. The first kappa shape index (κ1) is 15.9. The number of hydrogen-bond donors (Lipinski definition) is 1. The van der Waals surface area contributed by atoms with Crippen LogP contribution in [0.25, 0.3) is 0 Å². The maximum absolute atomic E-state index is 12.8. The highest BCUT2D eigenvalue weighted by Crippen LogP contribution is 2.24. The zero-order chi connectivity index (χ0) is 15.4. The van der Waals surface area contributed by atoms with Gasteiger partial charge in [0.05, 0.1) is 0 Å². The zero-order valence-corrected chi connectivity index (χ0v) is 13.1. The normalized spacial score (nSPS) is 18.3.